The summed E-state index contributed by atoms with van der Waals surface area (Å²) in [7, 11) is 0. The van der Waals surface area contributed by atoms with Crippen LogP contribution in [0.2, 0.25) is 0 Å². The Hall–Kier alpha value is -9.56. The summed E-state index contributed by atoms with van der Waals surface area (Å²) >= 11 is 0. The third-order valence-electron chi connectivity index (χ3n) is 17.1. The van der Waals surface area contributed by atoms with Crippen LogP contribution in [-0.4, -0.2) is 0 Å². The molecule has 0 radical (unpaired) electrons. The fraction of sp³-hybridized carbons (Fsp3) is 0.0526. The van der Waals surface area contributed by atoms with Gasteiger partial charge in [0.2, 0.25) is 0 Å². The highest BCUT2D eigenvalue weighted by atomic mass is 15.1. The maximum absolute atomic E-state index is 2.53. The first kappa shape index (κ1) is 44.9. The van der Waals surface area contributed by atoms with Crippen molar-refractivity contribution in [2.24, 2.45) is 0 Å². The van der Waals surface area contributed by atoms with Gasteiger partial charge in [-0.25, -0.2) is 0 Å². The molecule has 0 bridgehead atoms. The van der Waals surface area contributed by atoms with Crippen LogP contribution < -0.4 is 4.90 Å². The van der Waals surface area contributed by atoms with Crippen molar-refractivity contribution in [2.75, 3.05) is 4.90 Å². The topological polar surface area (TPSA) is 3.24 Å². The number of hydrogen-bond donors (Lipinski definition) is 0. The molecule has 3 aliphatic carbocycles. The van der Waals surface area contributed by atoms with Gasteiger partial charge in [-0.15, -0.1) is 0 Å². The maximum atomic E-state index is 2.53. The lowest BCUT2D eigenvalue weighted by Crippen LogP contribution is -2.26. The Morgan fingerprint density at radius 1 is 0.221 bits per heavy atom. The molecule has 1 heteroatoms. The van der Waals surface area contributed by atoms with Crippen LogP contribution in [0.5, 0.6) is 0 Å². The molecular formula is C76H53N. The van der Waals surface area contributed by atoms with E-state index < -0.39 is 5.41 Å². The first-order valence-electron chi connectivity index (χ1n) is 27.0. The van der Waals surface area contributed by atoms with E-state index in [0.717, 1.165) is 17.1 Å². The molecular weight excluding hydrogens is 927 g/mol. The molecule has 0 saturated heterocycles. The van der Waals surface area contributed by atoms with Crippen LogP contribution in [0, 0.1) is 0 Å². The van der Waals surface area contributed by atoms with Gasteiger partial charge < -0.3 is 4.90 Å². The van der Waals surface area contributed by atoms with E-state index in [9.17, 15) is 0 Å². The molecule has 12 aromatic rings. The van der Waals surface area contributed by atoms with Crippen LogP contribution >= 0.6 is 0 Å². The van der Waals surface area contributed by atoms with E-state index in [0.29, 0.717) is 0 Å². The maximum Gasteiger partial charge on any atom is 0.0726 e. The Labute approximate surface area is 451 Å². The minimum atomic E-state index is -0.593. The lowest BCUT2D eigenvalue weighted by molar-refractivity contribution is 0.660. The minimum absolute atomic E-state index is 0.103. The highest BCUT2D eigenvalue weighted by Crippen LogP contribution is 2.64. The van der Waals surface area contributed by atoms with Crippen molar-refractivity contribution in [3.05, 3.63) is 318 Å². The molecule has 0 aliphatic heterocycles. The summed E-state index contributed by atoms with van der Waals surface area (Å²) in [6.07, 6.45) is 0. The number of anilines is 3. The number of benzene rings is 12. The molecule has 15 rings (SSSR count). The van der Waals surface area contributed by atoms with E-state index in [2.05, 4.69) is 304 Å². The number of nitrogens with zero attached hydrogens (tertiary/aromatic N) is 1. The highest BCUT2D eigenvalue weighted by molar-refractivity contribution is 5.99. The summed E-state index contributed by atoms with van der Waals surface area (Å²) in [6, 6.07) is 107. The van der Waals surface area contributed by atoms with Crippen molar-refractivity contribution in [3.8, 4) is 89.0 Å². The molecule has 1 nitrogen and oxygen atoms in total. The van der Waals surface area contributed by atoms with Crippen LogP contribution in [0.1, 0.15) is 47.2 Å². The van der Waals surface area contributed by atoms with Gasteiger partial charge in [0.05, 0.1) is 11.1 Å². The Bertz CT molecular complexity index is 4190. The van der Waals surface area contributed by atoms with Gasteiger partial charge >= 0.3 is 0 Å². The number of fused-ring (bicyclic) bond motifs is 13. The number of rotatable bonds is 8. The van der Waals surface area contributed by atoms with Gasteiger partial charge in [0, 0.05) is 22.4 Å². The predicted octanol–water partition coefficient (Wildman–Crippen LogP) is 20.1. The fourth-order valence-electron chi connectivity index (χ4n) is 13.5. The van der Waals surface area contributed by atoms with E-state index in [-0.39, 0.29) is 5.41 Å². The zero-order valence-corrected chi connectivity index (χ0v) is 43.1. The second-order valence-corrected chi connectivity index (χ2v) is 21.6. The normalized spacial score (nSPS) is 13.5. The summed E-state index contributed by atoms with van der Waals surface area (Å²) in [5.41, 5.74) is 30.3. The molecule has 0 fully saturated rings. The van der Waals surface area contributed by atoms with Crippen molar-refractivity contribution in [1.82, 2.24) is 0 Å². The summed E-state index contributed by atoms with van der Waals surface area (Å²) in [5.74, 6) is 0. The van der Waals surface area contributed by atoms with Crippen molar-refractivity contribution in [1.29, 1.82) is 0 Å². The highest BCUT2D eigenvalue weighted by Gasteiger charge is 2.52. The zero-order valence-electron chi connectivity index (χ0n) is 43.1. The van der Waals surface area contributed by atoms with Crippen molar-refractivity contribution < 1.29 is 0 Å². The average molecular weight is 980 g/mol. The second-order valence-electron chi connectivity index (χ2n) is 21.6. The van der Waals surface area contributed by atoms with Gasteiger partial charge in [-0.2, -0.15) is 0 Å². The molecule has 362 valence electrons. The standard InChI is InChI=1S/C76H53N/c1-75(2)68-33-16-12-30-62(68)65-40-37-54(47-71(65)75)53-27-20-28-59(46-53)77(74-36-19-15-29-61(74)52-25-10-5-11-26-52)60-39-42-67-66-41-38-55(58-44-56(50-21-6-3-7-22-50)43-57(45-58)51-23-8-4-9-24-51)48-72(66)76(73(67)49-60)69-34-17-13-31-63(69)64-32-14-18-35-70(64)76/h3-49H,1-2H3. The molecule has 0 amide bonds. The molecule has 77 heavy (non-hydrogen) atoms. The van der Waals surface area contributed by atoms with Crippen molar-refractivity contribution in [2.45, 2.75) is 24.7 Å². The van der Waals surface area contributed by atoms with Gasteiger partial charge in [0.1, 0.15) is 0 Å². The molecule has 3 aliphatic rings. The van der Waals surface area contributed by atoms with Gasteiger partial charge in [-0.1, -0.05) is 238 Å². The third kappa shape index (κ3) is 6.94. The van der Waals surface area contributed by atoms with E-state index in [1.54, 1.807) is 0 Å². The molecule has 0 N–H and O–H groups in total. The SMILES string of the molecule is CC1(C)c2ccccc2-c2ccc(-c3cccc(N(c4ccc5c(c4)C4(c6ccccc6-c6ccccc64)c4cc(-c6cc(-c7ccccc7)cc(-c7ccccc7)c6)ccc4-5)c4ccccc4-c4ccccc4)c3)cc21. The lowest BCUT2D eigenvalue weighted by atomic mass is 9.70. The first-order chi connectivity index (χ1) is 37.9. The van der Waals surface area contributed by atoms with E-state index in [1.165, 1.54) is 122 Å². The average Bonchev–Trinajstić information content (AvgIpc) is 4.06. The molecule has 12 aromatic carbocycles. The number of para-hydroxylation sites is 1. The molecule has 0 heterocycles. The lowest BCUT2D eigenvalue weighted by Gasteiger charge is -2.33. The van der Waals surface area contributed by atoms with Crippen molar-refractivity contribution >= 4 is 17.1 Å². The van der Waals surface area contributed by atoms with E-state index in [4.69, 9.17) is 0 Å². The smallest absolute Gasteiger partial charge is 0.0726 e. The first-order valence-corrected chi connectivity index (χ1v) is 27.0. The van der Waals surface area contributed by atoms with E-state index in [1.807, 2.05) is 0 Å². The van der Waals surface area contributed by atoms with Crippen LogP contribution in [0.15, 0.2) is 285 Å². The Kier molecular flexibility index (Phi) is 10.2. The molecule has 0 atom stereocenters. The summed E-state index contributed by atoms with van der Waals surface area (Å²) in [4.78, 5) is 2.51. The van der Waals surface area contributed by atoms with Gasteiger partial charge in [-0.3, -0.25) is 0 Å². The Morgan fingerprint density at radius 3 is 1.22 bits per heavy atom. The van der Waals surface area contributed by atoms with Gasteiger partial charge in [-0.05, 0) is 177 Å². The molecule has 0 unspecified atom stereocenters. The van der Waals surface area contributed by atoms with Crippen LogP contribution in [0.25, 0.3) is 89.0 Å². The van der Waals surface area contributed by atoms with E-state index >= 15 is 0 Å². The quantitative estimate of drug-likeness (QED) is 0.147. The monoisotopic (exact) mass is 979 g/mol. The third-order valence-corrected chi connectivity index (χ3v) is 17.1. The van der Waals surface area contributed by atoms with Gasteiger partial charge in [0.25, 0.3) is 0 Å². The Balaban J connectivity index is 0.945. The molecule has 0 saturated carbocycles. The minimum Gasteiger partial charge on any atom is -0.310 e. The molecule has 0 aromatic heterocycles. The zero-order chi connectivity index (χ0) is 51.2. The van der Waals surface area contributed by atoms with Crippen molar-refractivity contribution in [3.63, 3.8) is 0 Å². The fourth-order valence-corrected chi connectivity index (χ4v) is 13.5. The van der Waals surface area contributed by atoms with Crippen LogP contribution in [0.4, 0.5) is 17.1 Å². The van der Waals surface area contributed by atoms with Gasteiger partial charge in [0.15, 0.2) is 0 Å². The summed E-state index contributed by atoms with van der Waals surface area (Å²) < 4.78 is 0. The van der Waals surface area contributed by atoms with Crippen LogP contribution in [0.3, 0.4) is 0 Å². The summed E-state index contributed by atoms with van der Waals surface area (Å²) in [5, 5.41) is 0. The molecule has 1 spiro atoms. The Morgan fingerprint density at radius 2 is 0.610 bits per heavy atom. The largest absolute Gasteiger partial charge is 0.310 e. The predicted molar refractivity (Wildman–Crippen MR) is 322 cm³/mol. The summed E-state index contributed by atoms with van der Waals surface area (Å²) in [6.45, 7) is 4.73. The second kappa shape index (κ2) is 17.5. The van der Waals surface area contributed by atoms with Crippen LogP contribution in [-0.2, 0) is 10.8 Å². The number of hydrogen-bond acceptors (Lipinski definition) is 1.